The molecule has 0 amide bonds. The number of hydrogen-bond donors (Lipinski definition) is 0. The third-order valence-corrected chi connectivity index (χ3v) is 2.47. The highest BCUT2D eigenvalue weighted by molar-refractivity contribution is 5.81. The smallest absolute Gasteiger partial charge is 0.137 e. The van der Waals surface area contributed by atoms with Crippen molar-refractivity contribution >= 4 is 5.78 Å². The van der Waals surface area contributed by atoms with Crippen LogP contribution in [0.25, 0.3) is 0 Å². The van der Waals surface area contributed by atoms with Crippen molar-refractivity contribution in [2.75, 3.05) is 0 Å². The lowest BCUT2D eigenvalue weighted by molar-refractivity contribution is -0.118. The van der Waals surface area contributed by atoms with Crippen LogP contribution >= 0.6 is 0 Å². The van der Waals surface area contributed by atoms with Crippen LogP contribution in [-0.2, 0) is 11.2 Å². The number of Topliss-reactive ketones (excluding diaryl/α,β-unsaturated/α-hetero) is 1. The summed E-state index contributed by atoms with van der Waals surface area (Å²) in [5, 5.41) is 0. The van der Waals surface area contributed by atoms with Gasteiger partial charge in [0.05, 0.1) is 0 Å². The number of carbonyl (C=O) groups excluding carboxylic acids is 1. The number of ketones is 1. The molecule has 0 atom stereocenters. The molecule has 0 aliphatic heterocycles. The summed E-state index contributed by atoms with van der Waals surface area (Å²) in [6.07, 6.45) is 6.11. The summed E-state index contributed by atoms with van der Waals surface area (Å²) in [5.41, 5.74) is 2.36. The Hall–Kier alpha value is -1.37. The van der Waals surface area contributed by atoms with Crippen molar-refractivity contribution in [3.63, 3.8) is 0 Å². The van der Waals surface area contributed by atoms with Gasteiger partial charge in [0.2, 0.25) is 0 Å². The quantitative estimate of drug-likeness (QED) is 0.668. The van der Waals surface area contributed by atoms with E-state index in [-0.39, 0.29) is 0 Å². The number of hydrogen-bond acceptors (Lipinski definition) is 1. The molecule has 1 nitrogen and oxygen atoms in total. The molecule has 0 heterocycles. The average Bonchev–Trinajstić information content (AvgIpc) is 2.22. The summed E-state index contributed by atoms with van der Waals surface area (Å²) >= 11 is 0. The van der Waals surface area contributed by atoms with Crippen LogP contribution in [0.1, 0.15) is 30.9 Å². The maximum atomic E-state index is 11.6. The molecule has 0 fully saturated rings. The standard InChI is InChI=1S/C14H18O/c1-3-4-5-10-14(15)11-13-9-7-6-8-12(13)2/h3-4,6-9H,5,10-11H2,1-2H3/b4-3+. The summed E-state index contributed by atoms with van der Waals surface area (Å²) < 4.78 is 0. The van der Waals surface area contributed by atoms with Crippen molar-refractivity contribution in [3.8, 4) is 0 Å². The third kappa shape index (κ3) is 4.11. The van der Waals surface area contributed by atoms with Gasteiger partial charge < -0.3 is 0 Å². The van der Waals surface area contributed by atoms with Gasteiger partial charge in [-0.3, -0.25) is 4.79 Å². The fourth-order valence-corrected chi connectivity index (χ4v) is 1.52. The van der Waals surface area contributed by atoms with Crippen LogP contribution in [0.2, 0.25) is 0 Å². The second-order valence-corrected chi connectivity index (χ2v) is 3.75. The van der Waals surface area contributed by atoms with Gasteiger partial charge >= 0.3 is 0 Å². The lowest BCUT2D eigenvalue weighted by Crippen LogP contribution is -2.03. The average molecular weight is 202 g/mol. The van der Waals surface area contributed by atoms with E-state index in [0.717, 1.165) is 12.0 Å². The normalized spacial score (nSPS) is 10.8. The molecule has 0 aromatic heterocycles. The molecule has 0 saturated heterocycles. The first-order valence-electron chi connectivity index (χ1n) is 5.41. The van der Waals surface area contributed by atoms with Gasteiger partial charge in [0.25, 0.3) is 0 Å². The molecule has 1 rings (SSSR count). The highest BCUT2D eigenvalue weighted by Gasteiger charge is 2.04. The molecule has 80 valence electrons. The van der Waals surface area contributed by atoms with Crippen LogP contribution in [0.5, 0.6) is 0 Å². The van der Waals surface area contributed by atoms with Gasteiger partial charge in [-0.15, -0.1) is 0 Å². The Morgan fingerprint density at radius 3 is 2.73 bits per heavy atom. The fourth-order valence-electron chi connectivity index (χ4n) is 1.52. The Balaban J connectivity index is 2.48. The van der Waals surface area contributed by atoms with Gasteiger partial charge in [-0.25, -0.2) is 0 Å². The zero-order chi connectivity index (χ0) is 11.1. The number of aryl methyl sites for hydroxylation is 1. The predicted octanol–water partition coefficient (Wildman–Crippen LogP) is 3.46. The van der Waals surface area contributed by atoms with Gasteiger partial charge in [-0.05, 0) is 31.4 Å². The first-order chi connectivity index (χ1) is 7.24. The van der Waals surface area contributed by atoms with Crippen molar-refractivity contribution in [1.29, 1.82) is 0 Å². The molecular weight excluding hydrogens is 184 g/mol. The zero-order valence-electron chi connectivity index (χ0n) is 9.49. The topological polar surface area (TPSA) is 17.1 Å². The number of carbonyl (C=O) groups is 1. The largest absolute Gasteiger partial charge is 0.299 e. The molecule has 0 saturated carbocycles. The minimum absolute atomic E-state index is 0.322. The Bertz CT molecular complexity index is 350. The molecule has 1 aromatic rings. The highest BCUT2D eigenvalue weighted by Crippen LogP contribution is 2.09. The predicted molar refractivity (Wildman–Crippen MR) is 63.9 cm³/mol. The molecule has 0 unspecified atom stereocenters. The van der Waals surface area contributed by atoms with Crippen LogP contribution in [0.3, 0.4) is 0 Å². The summed E-state index contributed by atoms with van der Waals surface area (Å²) in [4.78, 5) is 11.6. The Morgan fingerprint density at radius 1 is 1.33 bits per heavy atom. The van der Waals surface area contributed by atoms with E-state index in [9.17, 15) is 4.79 Å². The van der Waals surface area contributed by atoms with Gasteiger partial charge in [-0.2, -0.15) is 0 Å². The van der Waals surface area contributed by atoms with Gasteiger partial charge in [0, 0.05) is 12.8 Å². The van der Waals surface area contributed by atoms with Gasteiger partial charge in [0.15, 0.2) is 0 Å². The van der Waals surface area contributed by atoms with E-state index in [2.05, 4.69) is 13.0 Å². The molecule has 15 heavy (non-hydrogen) atoms. The summed E-state index contributed by atoms with van der Waals surface area (Å²) in [7, 11) is 0. The maximum Gasteiger partial charge on any atom is 0.137 e. The Morgan fingerprint density at radius 2 is 2.07 bits per heavy atom. The summed E-state index contributed by atoms with van der Waals surface area (Å²) in [5.74, 6) is 0.322. The SMILES string of the molecule is C/C=C/CCC(=O)Cc1ccccc1C. The molecule has 0 bridgehead atoms. The van der Waals surface area contributed by atoms with E-state index < -0.39 is 0 Å². The Labute approximate surface area is 91.8 Å². The van der Waals surface area contributed by atoms with Crippen molar-refractivity contribution in [3.05, 3.63) is 47.5 Å². The first-order valence-corrected chi connectivity index (χ1v) is 5.41. The van der Waals surface area contributed by atoms with Crippen molar-refractivity contribution in [2.45, 2.75) is 33.1 Å². The monoisotopic (exact) mass is 202 g/mol. The zero-order valence-corrected chi connectivity index (χ0v) is 9.49. The first kappa shape index (κ1) is 11.7. The van der Waals surface area contributed by atoms with Crippen molar-refractivity contribution in [2.24, 2.45) is 0 Å². The second-order valence-electron chi connectivity index (χ2n) is 3.75. The molecule has 0 aliphatic carbocycles. The molecule has 0 radical (unpaired) electrons. The number of allylic oxidation sites excluding steroid dienone is 2. The molecule has 0 aliphatic rings. The van der Waals surface area contributed by atoms with E-state index in [1.807, 2.05) is 37.3 Å². The highest BCUT2D eigenvalue weighted by atomic mass is 16.1. The van der Waals surface area contributed by atoms with Crippen molar-refractivity contribution < 1.29 is 4.79 Å². The van der Waals surface area contributed by atoms with Crippen LogP contribution in [0.4, 0.5) is 0 Å². The molecular formula is C14H18O. The second kappa shape index (κ2) is 6.18. The van der Waals surface area contributed by atoms with Crippen molar-refractivity contribution in [1.82, 2.24) is 0 Å². The van der Waals surface area contributed by atoms with Crippen LogP contribution < -0.4 is 0 Å². The van der Waals surface area contributed by atoms with E-state index in [1.54, 1.807) is 0 Å². The summed E-state index contributed by atoms with van der Waals surface area (Å²) in [6.45, 7) is 4.03. The third-order valence-electron chi connectivity index (χ3n) is 2.47. The van der Waals surface area contributed by atoms with Crippen LogP contribution in [-0.4, -0.2) is 5.78 Å². The lowest BCUT2D eigenvalue weighted by Gasteiger charge is -2.03. The minimum atomic E-state index is 0.322. The van der Waals surface area contributed by atoms with Crippen LogP contribution in [0, 0.1) is 6.92 Å². The lowest BCUT2D eigenvalue weighted by atomic mass is 10.0. The number of benzene rings is 1. The van der Waals surface area contributed by atoms with Gasteiger partial charge in [-0.1, -0.05) is 36.4 Å². The molecule has 1 aromatic carbocycles. The molecule has 1 heteroatoms. The summed E-state index contributed by atoms with van der Waals surface area (Å²) in [6, 6.07) is 8.07. The van der Waals surface area contributed by atoms with E-state index >= 15 is 0 Å². The van der Waals surface area contributed by atoms with E-state index in [0.29, 0.717) is 18.6 Å². The minimum Gasteiger partial charge on any atom is -0.299 e. The van der Waals surface area contributed by atoms with E-state index in [4.69, 9.17) is 0 Å². The van der Waals surface area contributed by atoms with Gasteiger partial charge in [0.1, 0.15) is 5.78 Å². The fraction of sp³-hybridized carbons (Fsp3) is 0.357. The van der Waals surface area contributed by atoms with E-state index in [1.165, 1.54) is 5.56 Å². The number of rotatable bonds is 5. The Kier molecular flexibility index (Phi) is 4.82. The van der Waals surface area contributed by atoms with Crippen LogP contribution in [0.15, 0.2) is 36.4 Å². The molecule has 0 spiro atoms. The maximum absolute atomic E-state index is 11.6. The molecule has 0 N–H and O–H groups in total.